The fourth-order valence-corrected chi connectivity index (χ4v) is 8.11. The van der Waals surface area contributed by atoms with Gasteiger partial charge >= 0.3 is 8.56 Å². The Morgan fingerprint density at radius 1 is 0.667 bits per heavy atom. The molecule has 0 aromatic rings. The van der Waals surface area contributed by atoms with Crippen LogP contribution in [0.15, 0.2) is 0 Å². The zero-order valence-electron chi connectivity index (χ0n) is 18.2. The fraction of sp³-hybridized carbons (Fsp3) is 1.00. The van der Waals surface area contributed by atoms with Gasteiger partial charge in [-0.15, -0.1) is 0 Å². The molecule has 0 radical (unpaired) electrons. The van der Waals surface area contributed by atoms with Gasteiger partial charge in [0.1, 0.15) is 12.2 Å². The molecule has 0 N–H and O–H groups in total. The molecule has 0 bridgehead atoms. The van der Waals surface area contributed by atoms with Gasteiger partial charge < -0.3 is 27.8 Å². The van der Waals surface area contributed by atoms with Crippen LogP contribution < -0.4 is 0 Å². The highest BCUT2D eigenvalue weighted by molar-refractivity contribution is 6.74. The Bertz CT molecular complexity index is 410. The standard InChI is InChI=1S/C20H40O6Si/c1-7-11-15-23-27(24-16-12-8-2,19(17(5)25-19)21-13-9-3)20(18(6)26-20)22-14-10-4/h17-18H,7-16H2,1-6H3. The Morgan fingerprint density at radius 3 is 1.30 bits per heavy atom. The van der Waals surface area contributed by atoms with E-state index >= 15 is 0 Å². The van der Waals surface area contributed by atoms with Crippen LogP contribution in [0.25, 0.3) is 0 Å². The van der Waals surface area contributed by atoms with Crippen molar-refractivity contribution in [3.8, 4) is 0 Å². The molecule has 0 saturated carbocycles. The smallest absolute Gasteiger partial charge is 0.388 e. The lowest BCUT2D eigenvalue weighted by Gasteiger charge is -2.39. The Balaban J connectivity index is 2.39. The van der Waals surface area contributed by atoms with Gasteiger partial charge in [-0.2, -0.15) is 0 Å². The molecule has 7 heteroatoms. The van der Waals surface area contributed by atoms with Crippen LogP contribution in [0.4, 0.5) is 0 Å². The molecule has 0 amide bonds. The largest absolute Gasteiger partial charge is 0.467 e. The highest BCUT2D eigenvalue weighted by Gasteiger charge is 2.89. The summed E-state index contributed by atoms with van der Waals surface area (Å²) in [6.45, 7) is 15.0. The van der Waals surface area contributed by atoms with E-state index in [9.17, 15) is 0 Å². The summed E-state index contributed by atoms with van der Waals surface area (Å²) in [6.07, 6.45) is 5.67. The molecule has 2 saturated heterocycles. The number of hydrogen-bond donors (Lipinski definition) is 0. The Labute approximate surface area is 166 Å². The average Bonchev–Trinajstić information content (AvgIpc) is 3.53. The summed E-state index contributed by atoms with van der Waals surface area (Å²) in [5, 5.41) is 0. The van der Waals surface area contributed by atoms with Crippen LogP contribution in [0.1, 0.15) is 80.1 Å². The molecule has 4 atom stereocenters. The van der Waals surface area contributed by atoms with Crippen molar-refractivity contribution in [2.24, 2.45) is 0 Å². The Morgan fingerprint density at radius 2 is 1.04 bits per heavy atom. The summed E-state index contributed by atoms with van der Waals surface area (Å²) in [7, 11) is -3.19. The lowest BCUT2D eigenvalue weighted by atomic mass is 10.4. The van der Waals surface area contributed by atoms with Gasteiger partial charge in [0.05, 0.1) is 0 Å². The maximum absolute atomic E-state index is 6.62. The molecule has 0 aliphatic carbocycles. The van der Waals surface area contributed by atoms with Gasteiger partial charge in [0, 0.05) is 26.4 Å². The van der Waals surface area contributed by atoms with Crippen molar-refractivity contribution in [3.05, 3.63) is 0 Å². The van der Waals surface area contributed by atoms with Crippen molar-refractivity contribution in [1.82, 2.24) is 0 Å². The van der Waals surface area contributed by atoms with Crippen LogP contribution >= 0.6 is 0 Å². The van der Waals surface area contributed by atoms with Gasteiger partial charge in [-0.3, -0.25) is 0 Å². The van der Waals surface area contributed by atoms with Gasteiger partial charge in [0.25, 0.3) is 0 Å². The third kappa shape index (κ3) is 4.44. The number of unbranched alkanes of at least 4 members (excludes halogenated alkanes) is 2. The molecule has 2 rings (SSSR count). The zero-order valence-corrected chi connectivity index (χ0v) is 19.2. The first-order valence-electron chi connectivity index (χ1n) is 10.9. The summed E-state index contributed by atoms with van der Waals surface area (Å²) in [5.41, 5.74) is -1.72. The molecule has 6 nitrogen and oxygen atoms in total. The van der Waals surface area contributed by atoms with Crippen LogP contribution in [0.5, 0.6) is 0 Å². The van der Waals surface area contributed by atoms with Crippen LogP contribution in [-0.4, -0.2) is 58.0 Å². The van der Waals surface area contributed by atoms with Gasteiger partial charge in [0.2, 0.25) is 10.8 Å². The van der Waals surface area contributed by atoms with E-state index in [4.69, 9.17) is 27.8 Å². The van der Waals surface area contributed by atoms with Crippen LogP contribution in [-0.2, 0) is 27.8 Å². The van der Waals surface area contributed by atoms with Gasteiger partial charge in [-0.1, -0.05) is 40.5 Å². The van der Waals surface area contributed by atoms with Crippen molar-refractivity contribution < 1.29 is 27.8 Å². The monoisotopic (exact) mass is 404 g/mol. The Kier molecular flexibility index (Phi) is 8.73. The van der Waals surface area contributed by atoms with Crippen molar-refractivity contribution in [3.63, 3.8) is 0 Å². The van der Waals surface area contributed by atoms with Crippen LogP contribution in [0.3, 0.4) is 0 Å². The molecule has 2 heterocycles. The molecule has 0 aromatic heterocycles. The van der Waals surface area contributed by atoms with Crippen molar-refractivity contribution in [2.75, 3.05) is 26.4 Å². The molecule has 160 valence electrons. The molecule has 0 spiro atoms. The van der Waals surface area contributed by atoms with E-state index in [2.05, 4.69) is 27.7 Å². The van der Waals surface area contributed by atoms with Crippen molar-refractivity contribution in [1.29, 1.82) is 0 Å². The molecule has 2 aliphatic heterocycles. The second kappa shape index (κ2) is 10.1. The number of ether oxygens (including phenoxy) is 4. The lowest BCUT2D eigenvalue weighted by Crippen LogP contribution is -2.70. The minimum Gasteiger partial charge on any atom is -0.388 e. The van der Waals surface area contributed by atoms with E-state index in [1.165, 1.54) is 0 Å². The normalized spacial score (nSPS) is 32.7. The van der Waals surface area contributed by atoms with Gasteiger partial charge in [-0.05, 0) is 39.5 Å². The average molecular weight is 405 g/mol. The molecule has 0 aromatic carbocycles. The predicted molar refractivity (Wildman–Crippen MR) is 107 cm³/mol. The SMILES string of the molecule is CCCCO[Si](OCCCC)(C1(OCCC)OC1C)C1(OCCC)OC1C. The predicted octanol–water partition coefficient (Wildman–Crippen LogP) is 4.22. The second-order valence-corrected chi connectivity index (χ2v) is 10.8. The van der Waals surface area contributed by atoms with E-state index < -0.39 is 19.4 Å². The maximum Gasteiger partial charge on any atom is 0.467 e. The van der Waals surface area contributed by atoms with Crippen LogP contribution in [0.2, 0.25) is 0 Å². The third-order valence-electron chi connectivity index (χ3n) is 5.22. The van der Waals surface area contributed by atoms with E-state index in [1.54, 1.807) is 0 Å². The lowest BCUT2D eigenvalue weighted by molar-refractivity contribution is -0.0874. The summed E-state index contributed by atoms with van der Waals surface area (Å²) in [6, 6.07) is 0. The van der Waals surface area contributed by atoms with Crippen molar-refractivity contribution in [2.45, 2.75) is 103 Å². The fourth-order valence-electron chi connectivity index (χ4n) is 3.56. The Hall–Kier alpha value is -0.0231. The summed E-state index contributed by atoms with van der Waals surface area (Å²) in [4.78, 5) is 0. The maximum atomic E-state index is 6.62. The number of hydrogen-bond acceptors (Lipinski definition) is 6. The molecule has 4 unspecified atom stereocenters. The topological polar surface area (TPSA) is 62.0 Å². The third-order valence-corrected chi connectivity index (χ3v) is 9.62. The van der Waals surface area contributed by atoms with E-state index in [-0.39, 0.29) is 12.2 Å². The number of epoxide rings is 2. The quantitative estimate of drug-likeness (QED) is 0.218. The molecule has 2 fully saturated rings. The molecule has 27 heavy (non-hydrogen) atoms. The minimum absolute atomic E-state index is 0.0857. The molecular formula is C20H40O6Si. The number of rotatable bonds is 16. The first kappa shape index (κ1) is 23.3. The van der Waals surface area contributed by atoms with Gasteiger partial charge in [0.15, 0.2) is 0 Å². The second-order valence-electron chi connectivity index (χ2n) is 7.57. The van der Waals surface area contributed by atoms with E-state index in [1.807, 2.05) is 13.8 Å². The first-order chi connectivity index (χ1) is 13.0. The minimum atomic E-state index is -3.19. The first-order valence-corrected chi connectivity index (χ1v) is 12.7. The summed E-state index contributed by atoms with van der Waals surface area (Å²) < 4.78 is 38.1. The van der Waals surface area contributed by atoms with E-state index in [0.717, 1.165) is 38.5 Å². The molecule has 2 aliphatic rings. The zero-order chi connectivity index (χ0) is 20.0. The highest BCUT2D eigenvalue weighted by atomic mass is 28.4. The van der Waals surface area contributed by atoms with Gasteiger partial charge in [-0.25, -0.2) is 0 Å². The van der Waals surface area contributed by atoms with E-state index in [0.29, 0.717) is 26.4 Å². The highest BCUT2D eigenvalue weighted by Crippen LogP contribution is 2.58. The summed E-state index contributed by atoms with van der Waals surface area (Å²) in [5.74, 6) is 0. The van der Waals surface area contributed by atoms with Crippen LogP contribution in [0, 0.1) is 0 Å². The van der Waals surface area contributed by atoms with Crippen molar-refractivity contribution >= 4 is 8.56 Å². The molecular weight excluding hydrogens is 364 g/mol. The summed E-state index contributed by atoms with van der Waals surface area (Å²) >= 11 is 0.